The minimum absolute atomic E-state index is 0.114. The van der Waals surface area contributed by atoms with Gasteiger partial charge in [-0.2, -0.15) is 0 Å². The topological polar surface area (TPSA) is 46.2 Å². The van der Waals surface area contributed by atoms with Crippen molar-refractivity contribution in [3.8, 4) is 0 Å². The van der Waals surface area contributed by atoms with Crippen LogP contribution in [0.25, 0.3) is 0 Å². The molecule has 1 unspecified atom stereocenters. The Morgan fingerprint density at radius 1 is 1.33 bits per heavy atom. The van der Waals surface area contributed by atoms with Crippen LogP contribution in [0.5, 0.6) is 0 Å². The molecule has 0 amide bonds. The van der Waals surface area contributed by atoms with Crippen molar-refractivity contribution >= 4 is 10.0 Å². The molecule has 1 N–H and O–H groups in total. The molecule has 0 fully saturated rings. The average molecular weight is 227 g/mol. The summed E-state index contributed by atoms with van der Waals surface area (Å²) in [4.78, 5) is 0. The van der Waals surface area contributed by atoms with Crippen LogP contribution in [-0.4, -0.2) is 14.2 Å². The highest BCUT2D eigenvalue weighted by molar-refractivity contribution is 7.89. The van der Waals surface area contributed by atoms with Crippen LogP contribution in [0.1, 0.15) is 31.0 Å². The van der Waals surface area contributed by atoms with Crippen molar-refractivity contribution in [3.63, 3.8) is 0 Å². The van der Waals surface area contributed by atoms with E-state index in [2.05, 4.69) is 4.72 Å². The van der Waals surface area contributed by atoms with Gasteiger partial charge in [-0.1, -0.05) is 24.3 Å². The highest BCUT2D eigenvalue weighted by atomic mass is 32.2. The molecule has 0 aromatic heterocycles. The Balaban J connectivity index is 2.87. The van der Waals surface area contributed by atoms with E-state index in [0.29, 0.717) is 0 Å². The Kier molecular flexibility index (Phi) is 3.88. The molecule has 1 aromatic carbocycles. The Morgan fingerprint density at radius 2 is 1.93 bits per heavy atom. The lowest BCUT2D eigenvalue weighted by atomic mass is 10.0. The first kappa shape index (κ1) is 12.2. The molecular formula is C11H17NO2S. The zero-order chi connectivity index (χ0) is 11.5. The third kappa shape index (κ3) is 3.32. The monoisotopic (exact) mass is 227 g/mol. The van der Waals surface area contributed by atoms with Crippen LogP contribution in [0, 0.1) is 6.92 Å². The summed E-state index contributed by atoms with van der Waals surface area (Å²) >= 11 is 0. The minimum atomic E-state index is -3.13. The van der Waals surface area contributed by atoms with Gasteiger partial charge in [0.25, 0.3) is 0 Å². The standard InChI is InChI=1S/C11H17NO2S/c1-4-15(13,14)12-10(3)11-8-6-5-7-9(11)2/h5-8,10,12H,4H2,1-3H3. The normalized spacial score (nSPS) is 13.8. The van der Waals surface area contributed by atoms with Crippen LogP contribution in [0.15, 0.2) is 24.3 Å². The minimum Gasteiger partial charge on any atom is -0.212 e. The molecule has 0 aliphatic rings. The maximum Gasteiger partial charge on any atom is 0.211 e. The van der Waals surface area contributed by atoms with E-state index in [4.69, 9.17) is 0 Å². The van der Waals surface area contributed by atoms with Gasteiger partial charge in [0.1, 0.15) is 0 Å². The molecule has 0 bridgehead atoms. The Hall–Kier alpha value is -0.870. The van der Waals surface area contributed by atoms with E-state index in [-0.39, 0.29) is 11.8 Å². The van der Waals surface area contributed by atoms with E-state index in [0.717, 1.165) is 11.1 Å². The van der Waals surface area contributed by atoms with Gasteiger partial charge < -0.3 is 0 Å². The maximum absolute atomic E-state index is 11.4. The summed E-state index contributed by atoms with van der Waals surface area (Å²) < 4.78 is 25.4. The molecule has 0 radical (unpaired) electrons. The van der Waals surface area contributed by atoms with Crippen LogP contribution in [0.4, 0.5) is 0 Å². The summed E-state index contributed by atoms with van der Waals surface area (Å²) in [6.07, 6.45) is 0. The van der Waals surface area contributed by atoms with Gasteiger partial charge in [0.15, 0.2) is 0 Å². The predicted octanol–water partition coefficient (Wildman–Crippen LogP) is 2.00. The largest absolute Gasteiger partial charge is 0.212 e. The summed E-state index contributed by atoms with van der Waals surface area (Å²) in [6.45, 7) is 5.47. The third-order valence-electron chi connectivity index (χ3n) is 2.39. The summed E-state index contributed by atoms with van der Waals surface area (Å²) in [7, 11) is -3.13. The van der Waals surface area contributed by atoms with Gasteiger partial charge in [-0.25, -0.2) is 13.1 Å². The second-order valence-corrected chi connectivity index (χ2v) is 5.64. The van der Waals surface area contributed by atoms with E-state index < -0.39 is 10.0 Å². The second kappa shape index (κ2) is 4.77. The van der Waals surface area contributed by atoms with Gasteiger partial charge in [-0.05, 0) is 31.9 Å². The molecule has 0 spiro atoms. The van der Waals surface area contributed by atoms with Crippen LogP contribution in [0.2, 0.25) is 0 Å². The first-order valence-corrected chi connectivity index (χ1v) is 6.67. The smallest absolute Gasteiger partial charge is 0.211 e. The molecule has 4 heteroatoms. The maximum atomic E-state index is 11.4. The number of hydrogen-bond donors (Lipinski definition) is 1. The van der Waals surface area contributed by atoms with Gasteiger partial charge in [0.05, 0.1) is 5.75 Å². The van der Waals surface area contributed by atoms with Crippen molar-refractivity contribution in [1.29, 1.82) is 0 Å². The van der Waals surface area contributed by atoms with Crippen molar-refractivity contribution in [2.75, 3.05) is 5.75 Å². The number of aryl methyl sites for hydroxylation is 1. The summed E-state index contributed by atoms with van der Waals surface area (Å²) in [6, 6.07) is 7.61. The van der Waals surface area contributed by atoms with Gasteiger partial charge in [-0.3, -0.25) is 0 Å². The molecule has 15 heavy (non-hydrogen) atoms. The molecule has 1 aromatic rings. The molecule has 1 atom stereocenters. The Bertz CT molecular complexity index is 426. The molecule has 0 saturated heterocycles. The lowest BCUT2D eigenvalue weighted by Gasteiger charge is -2.15. The lowest BCUT2D eigenvalue weighted by molar-refractivity contribution is 0.568. The molecule has 0 heterocycles. The van der Waals surface area contributed by atoms with Crippen LogP contribution in [-0.2, 0) is 10.0 Å². The molecule has 0 aliphatic carbocycles. The van der Waals surface area contributed by atoms with E-state index >= 15 is 0 Å². The van der Waals surface area contributed by atoms with Gasteiger partial charge in [-0.15, -0.1) is 0 Å². The predicted molar refractivity (Wildman–Crippen MR) is 62.2 cm³/mol. The molecule has 1 rings (SSSR count). The Morgan fingerprint density at radius 3 is 2.47 bits per heavy atom. The summed E-state index contributed by atoms with van der Waals surface area (Å²) in [5, 5.41) is 0. The van der Waals surface area contributed by atoms with Crippen LogP contribution in [0.3, 0.4) is 0 Å². The van der Waals surface area contributed by atoms with Gasteiger partial charge >= 0.3 is 0 Å². The molecule has 0 aliphatic heterocycles. The lowest BCUT2D eigenvalue weighted by Crippen LogP contribution is -2.28. The molecular weight excluding hydrogens is 210 g/mol. The fourth-order valence-electron chi connectivity index (χ4n) is 1.49. The highest BCUT2D eigenvalue weighted by Crippen LogP contribution is 2.17. The number of sulfonamides is 1. The number of benzene rings is 1. The van der Waals surface area contributed by atoms with E-state index in [1.165, 1.54) is 0 Å². The molecule has 84 valence electrons. The van der Waals surface area contributed by atoms with Crippen molar-refractivity contribution in [1.82, 2.24) is 4.72 Å². The van der Waals surface area contributed by atoms with Crippen molar-refractivity contribution in [3.05, 3.63) is 35.4 Å². The van der Waals surface area contributed by atoms with Crippen molar-refractivity contribution in [2.24, 2.45) is 0 Å². The first-order chi connectivity index (χ1) is 6.96. The van der Waals surface area contributed by atoms with Crippen LogP contribution < -0.4 is 4.72 Å². The third-order valence-corrected chi connectivity index (χ3v) is 3.86. The number of hydrogen-bond acceptors (Lipinski definition) is 2. The molecule has 0 saturated carbocycles. The van der Waals surface area contributed by atoms with Gasteiger partial charge in [0, 0.05) is 6.04 Å². The van der Waals surface area contributed by atoms with Crippen LogP contribution >= 0.6 is 0 Å². The summed E-state index contributed by atoms with van der Waals surface area (Å²) in [5.41, 5.74) is 2.12. The fourth-order valence-corrected chi connectivity index (χ4v) is 2.32. The SMILES string of the molecule is CCS(=O)(=O)NC(C)c1ccccc1C. The zero-order valence-electron chi connectivity index (χ0n) is 9.32. The highest BCUT2D eigenvalue weighted by Gasteiger charge is 2.14. The summed E-state index contributed by atoms with van der Waals surface area (Å²) in [5.74, 6) is 0.114. The van der Waals surface area contributed by atoms with E-state index in [9.17, 15) is 8.42 Å². The zero-order valence-corrected chi connectivity index (χ0v) is 10.1. The number of nitrogens with one attached hydrogen (secondary N) is 1. The first-order valence-electron chi connectivity index (χ1n) is 5.02. The molecule has 3 nitrogen and oxygen atoms in total. The second-order valence-electron chi connectivity index (χ2n) is 3.60. The van der Waals surface area contributed by atoms with Gasteiger partial charge in [0.2, 0.25) is 10.0 Å². The van der Waals surface area contributed by atoms with E-state index in [1.807, 2.05) is 38.1 Å². The van der Waals surface area contributed by atoms with E-state index in [1.54, 1.807) is 6.92 Å². The quantitative estimate of drug-likeness (QED) is 0.855. The van der Waals surface area contributed by atoms with Crippen molar-refractivity contribution < 1.29 is 8.42 Å². The fraction of sp³-hybridized carbons (Fsp3) is 0.455. The average Bonchev–Trinajstić information content (AvgIpc) is 2.17. The Labute approximate surface area is 91.6 Å². The number of rotatable bonds is 4. The van der Waals surface area contributed by atoms with Crippen molar-refractivity contribution in [2.45, 2.75) is 26.8 Å².